The van der Waals surface area contributed by atoms with Crippen LogP contribution in [0.4, 0.5) is 5.69 Å². The molecule has 2 aromatic rings. The molecule has 1 amide bonds. The number of nitrogens with zero attached hydrogens (tertiary/aromatic N) is 3. The quantitative estimate of drug-likeness (QED) is 0.652. The van der Waals surface area contributed by atoms with E-state index in [-0.39, 0.29) is 12.5 Å². The molecule has 2 heterocycles. The Bertz CT molecular complexity index is 475. The van der Waals surface area contributed by atoms with Gasteiger partial charge in [-0.05, 0) is 0 Å². The van der Waals surface area contributed by atoms with Crippen molar-refractivity contribution in [3.05, 3.63) is 30.6 Å². The number of amides is 1. The van der Waals surface area contributed by atoms with Crippen molar-refractivity contribution in [2.45, 2.75) is 13.0 Å². The van der Waals surface area contributed by atoms with Gasteiger partial charge in [0, 0.05) is 31.6 Å². The molecule has 0 aliphatic rings. The monoisotopic (exact) mass is 234 g/mol. The lowest BCUT2D eigenvalue weighted by atomic mass is 10.4. The minimum Gasteiger partial charge on any atom is -0.396 e. The molecule has 0 atom stereocenters. The van der Waals surface area contributed by atoms with Gasteiger partial charge in [0.25, 0.3) is 0 Å². The number of carbonyl (C=O) groups excluding carboxylic acids is 1. The van der Waals surface area contributed by atoms with Gasteiger partial charge in [-0.25, -0.2) is 4.98 Å². The maximum absolute atomic E-state index is 11.5. The molecule has 2 aromatic heterocycles. The normalized spacial score (nSPS) is 10.4. The van der Waals surface area contributed by atoms with Crippen LogP contribution < -0.4 is 11.1 Å². The van der Waals surface area contributed by atoms with E-state index in [0.29, 0.717) is 18.7 Å². The second-order valence-electron chi connectivity index (χ2n) is 3.61. The summed E-state index contributed by atoms with van der Waals surface area (Å²) in [6.45, 7) is 0.721. The molecule has 0 unspecified atom stereocenters. The van der Waals surface area contributed by atoms with E-state index in [1.54, 1.807) is 18.6 Å². The Labute approximate surface area is 98.0 Å². The molecule has 0 saturated heterocycles. The molecule has 0 aliphatic carbocycles. The van der Waals surface area contributed by atoms with Gasteiger partial charge in [0.15, 0.2) is 0 Å². The third-order valence-corrected chi connectivity index (χ3v) is 2.20. The Hall–Kier alpha value is -2.31. The molecule has 0 fully saturated rings. The van der Waals surface area contributed by atoms with Gasteiger partial charge >= 0.3 is 0 Å². The number of nitrogens with two attached hydrogens (primary N) is 1. The molecule has 0 aromatic carbocycles. The van der Waals surface area contributed by atoms with Crippen molar-refractivity contribution in [2.75, 3.05) is 12.3 Å². The maximum atomic E-state index is 11.5. The summed E-state index contributed by atoms with van der Waals surface area (Å²) in [5.74, 6) is 0.758. The fraction of sp³-hybridized carbons (Fsp3) is 0.300. The predicted octanol–water partition coefficient (Wildman–Crippen LogP) is -0.453. The first-order valence-electron chi connectivity index (χ1n) is 5.27. The Balaban J connectivity index is 1.71. The summed E-state index contributed by atoms with van der Waals surface area (Å²) in [6, 6.07) is 0. The van der Waals surface area contributed by atoms with E-state index < -0.39 is 0 Å². The number of aromatic amines is 1. The number of imidazole rings is 1. The summed E-state index contributed by atoms with van der Waals surface area (Å²) < 4.78 is 1.50. The number of nitrogen functional groups attached to an aromatic ring is 1. The van der Waals surface area contributed by atoms with E-state index in [0.717, 1.165) is 5.82 Å². The molecule has 2 rings (SSSR count). The SMILES string of the molecule is Nc1cnn(CC(=O)NCCc2ncc[nH]2)c1. The number of H-pyrrole nitrogens is 1. The topological polar surface area (TPSA) is 102 Å². The van der Waals surface area contributed by atoms with Crippen molar-refractivity contribution < 1.29 is 4.79 Å². The minimum atomic E-state index is -0.0975. The number of hydrogen-bond acceptors (Lipinski definition) is 4. The lowest BCUT2D eigenvalue weighted by Crippen LogP contribution is -2.29. The van der Waals surface area contributed by atoms with Crippen LogP contribution in [0.2, 0.25) is 0 Å². The molecule has 0 radical (unpaired) electrons. The van der Waals surface area contributed by atoms with Crippen molar-refractivity contribution in [3.63, 3.8) is 0 Å². The molecular formula is C10H14N6O. The molecule has 4 N–H and O–H groups in total. The molecule has 0 spiro atoms. The highest BCUT2D eigenvalue weighted by Gasteiger charge is 2.03. The van der Waals surface area contributed by atoms with Gasteiger partial charge in [-0.2, -0.15) is 5.10 Å². The van der Waals surface area contributed by atoms with E-state index in [2.05, 4.69) is 20.4 Å². The standard InChI is InChI=1S/C10H14N6O/c11-8-5-15-16(6-8)7-10(17)14-2-1-9-12-3-4-13-9/h3-6H,1-2,7,11H2,(H,12,13)(H,14,17). The Morgan fingerprint density at radius 2 is 2.47 bits per heavy atom. The zero-order chi connectivity index (χ0) is 12.1. The van der Waals surface area contributed by atoms with Crippen LogP contribution in [0, 0.1) is 0 Å². The summed E-state index contributed by atoms with van der Waals surface area (Å²) >= 11 is 0. The van der Waals surface area contributed by atoms with Gasteiger partial charge in [0.05, 0.1) is 11.9 Å². The fourth-order valence-electron chi connectivity index (χ4n) is 1.42. The Morgan fingerprint density at radius 1 is 1.59 bits per heavy atom. The van der Waals surface area contributed by atoms with E-state index in [1.165, 1.54) is 10.9 Å². The van der Waals surface area contributed by atoms with Gasteiger partial charge in [0.2, 0.25) is 5.91 Å². The average Bonchev–Trinajstić information content (AvgIpc) is 2.90. The van der Waals surface area contributed by atoms with Crippen LogP contribution in [-0.2, 0) is 17.8 Å². The van der Waals surface area contributed by atoms with Crippen LogP contribution in [0.5, 0.6) is 0 Å². The smallest absolute Gasteiger partial charge is 0.241 e. The molecule has 90 valence electrons. The summed E-state index contributed by atoms with van der Waals surface area (Å²) in [5.41, 5.74) is 6.04. The molecule has 0 aliphatic heterocycles. The van der Waals surface area contributed by atoms with Crippen molar-refractivity contribution >= 4 is 11.6 Å². The number of hydrogen-bond donors (Lipinski definition) is 3. The maximum Gasteiger partial charge on any atom is 0.241 e. The molecule has 7 heteroatoms. The van der Waals surface area contributed by atoms with Gasteiger partial charge in [-0.3, -0.25) is 9.48 Å². The summed E-state index contributed by atoms with van der Waals surface area (Å²) in [5, 5.41) is 6.70. The van der Waals surface area contributed by atoms with E-state index in [1.807, 2.05) is 0 Å². The van der Waals surface area contributed by atoms with Gasteiger partial charge < -0.3 is 16.0 Å². The van der Waals surface area contributed by atoms with Crippen LogP contribution in [0.3, 0.4) is 0 Å². The lowest BCUT2D eigenvalue weighted by Gasteiger charge is -2.03. The predicted molar refractivity (Wildman–Crippen MR) is 61.9 cm³/mol. The third kappa shape index (κ3) is 3.33. The number of carbonyl (C=O) groups is 1. The average molecular weight is 234 g/mol. The Kier molecular flexibility index (Phi) is 3.39. The summed E-state index contributed by atoms with van der Waals surface area (Å²) in [7, 11) is 0. The molecular weight excluding hydrogens is 220 g/mol. The van der Waals surface area contributed by atoms with Crippen LogP contribution >= 0.6 is 0 Å². The summed E-state index contributed by atoms with van der Waals surface area (Å²) in [6.07, 6.45) is 7.25. The molecule has 7 nitrogen and oxygen atoms in total. The van der Waals surface area contributed by atoms with Crippen LogP contribution in [0.1, 0.15) is 5.82 Å². The van der Waals surface area contributed by atoms with Crippen molar-refractivity contribution in [1.82, 2.24) is 25.1 Å². The second-order valence-corrected chi connectivity index (χ2v) is 3.61. The van der Waals surface area contributed by atoms with Gasteiger partial charge in [-0.1, -0.05) is 0 Å². The Morgan fingerprint density at radius 3 is 3.12 bits per heavy atom. The first kappa shape index (κ1) is 11.2. The summed E-state index contributed by atoms with van der Waals surface area (Å²) in [4.78, 5) is 18.5. The second kappa shape index (κ2) is 5.15. The molecule has 17 heavy (non-hydrogen) atoms. The zero-order valence-corrected chi connectivity index (χ0v) is 9.26. The number of rotatable bonds is 5. The van der Waals surface area contributed by atoms with Crippen LogP contribution in [0.25, 0.3) is 0 Å². The molecule has 0 saturated carbocycles. The lowest BCUT2D eigenvalue weighted by molar-refractivity contribution is -0.121. The van der Waals surface area contributed by atoms with E-state index in [4.69, 9.17) is 5.73 Å². The van der Waals surface area contributed by atoms with Crippen LogP contribution in [0.15, 0.2) is 24.8 Å². The first-order valence-corrected chi connectivity index (χ1v) is 5.27. The number of aromatic nitrogens is 4. The van der Waals surface area contributed by atoms with Gasteiger partial charge in [-0.15, -0.1) is 0 Å². The van der Waals surface area contributed by atoms with E-state index in [9.17, 15) is 4.79 Å². The number of nitrogens with one attached hydrogen (secondary N) is 2. The van der Waals surface area contributed by atoms with Crippen LogP contribution in [-0.4, -0.2) is 32.2 Å². The first-order chi connectivity index (χ1) is 8.24. The van der Waals surface area contributed by atoms with Crippen molar-refractivity contribution in [3.8, 4) is 0 Å². The zero-order valence-electron chi connectivity index (χ0n) is 9.26. The van der Waals surface area contributed by atoms with Crippen molar-refractivity contribution in [2.24, 2.45) is 0 Å². The van der Waals surface area contributed by atoms with Gasteiger partial charge in [0.1, 0.15) is 12.4 Å². The van der Waals surface area contributed by atoms with E-state index >= 15 is 0 Å². The highest BCUT2D eigenvalue weighted by Crippen LogP contribution is 1.97. The minimum absolute atomic E-state index is 0.0975. The number of anilines is 1. The largest absolute Gasteiger partial charge is 0.396 e. The fourth-order valence-corrected chi connectivity index (χ4v) is 1.42. The molecule has 0 bridgehead atoms. The third-order valence-electron chi connectivity index (χ3n) is 2.20. The highest BCUT2D eigenvalue weighted by molar-refractivity contribution is 5.75. The highest BCUT2D eigenvalue weighted by atomic mass is 16.2. The van der Waals surface area contributed by atoms with Crippen molar-refractivity contribution in [1.29, 1.82) is 0 Å².